The van der Waals surface area contributed by atoms with Crippen molar-refractivity contribution < 1.29 is 18.4 Å². The molecule has 1 saturated carbocycles. The molecule has 1 aliphatic rings. The lowest BCUT2D eigenvalue weighted by molar-refractivity contribution is -0.120. The number of alkyl halides is 2. The Morgan fingerprint density at radius 2 is 2.26 bits per heavy atom. The summed E-state index contributed by atoms with van der Waals surface area (Å²) in [5, 5.41) is 10.7. The zero-order valence-corrected chi connectivity index (χ0v) is 17.9. The largest absolute Gasteiger partial charge is 0.396 e. The minimum atomic E-state index is -2.76. The zero-order chi connectivity index (χ0) is 22.4. The Kier molecular flexibility index (Phi) is 7.58. The number of nitrogens with zero attached hydrogens (tertiary/aromatic N) is 4. The van der Waals surface area contributed by atoms with Crippen LogP contribution in [-0.4, -0.2) is 39.5 Å². The van der Waals surface area contributed by atoms with Gasteiger partial charge in [0, 0.05) is 36.5 Å². The molecule has 0 spiro atoms. The molecular weight excluding hydrogens is 428 g/mol. The molecule has 2 aromatic rings. The number of carbonyl (C=O) groups excluding carboxylic acids is 1. The first-order valence-electron chi connectivity index (χ1n) is 9.81. The van der Waals surface area contributed by atoms with Crippen LogP contribution in [0.5, 0.6) is 0 Å². The van der Waals surface area contributed by atoms with E-state index in [1.165, 1.54) is 17.9 Å². The van der Waals surface area contributed by atoms with Crippen LogP contribution in [0.2, 0.25) is 5.02 Å². The Morgan fingerprint density at radius 1 is 1.48 bits per heavy atom. The van der Waals surface area contributed by atoms with Crippen LogP contribution in [0.15, 0.2) is 23.6 Å². The maximum absolute atomic E-state index is 13.1. The molecule has 0 bridgehead atoms. The van der Waals surface area contributed by atoms with Gasteiger partial charge in [-0.05, 0) is 25.8 Å². The molecule has 1 fully saturated rings. The van der Waals surface area contributed by atoms with Crippen molar-refractivity contribution in [1.29, 1.82) is 0 Å². The molecule has 0 aromatic carbocycles. The highest BCUT2D eigenvalue weighted by Crippen LogP contribution is 2.27. The topological polar surface area (TPSA) is 81.4 Å². The number of amides is 1. The van der Waals surface area contributed by atoms with Crippen LogP contribution >= 0.6 is 11.6 Å². The predicted octanol–water partition coefficient (Wildman–Crippen LogP) is 3.27. The lowest BCUT2D eigenvalue weighted by atomic mass is 10.1. The highest BCUT2D eigenvalue weighted by molar-refractivity contribution is 6.34. The Bertz CT molecular complexity index is 1040. The Morgan fingerprint density at radius 3 is 2.90 bits per heavy atom. The molecule has 0 radical (unpaired) electrons. The van der Waals surface area contributed by atoms with Gasteiger partial charge in [-0.25, -0.2) is 8.78 Å². The molecule has 1 N–H and O–H groups in total. The molecular formula is C21H22ClF2N5O2. The number of oxime groups is 1. The van der Waals surface area contributed by atoms with Crippen molar-refractivity contribution in [2.24, 2.45) is 18.1 Å². The number of rotatable bonds is 8. The number of hydrogen-bond acceptors (Lipinski definition) is 5. The smallest absolute Gasteiger partial charge is 0.282 e. The summed E-state index contributed by atoms with van der Waals surface area (Å²) in [7, 11) is 1.52. The second kappa shape index (κ2) is 10.4. The highest BCUT2D eigenvalue weighted by Gasteiger charge is 2.21. The summed E-state index contributed by atoms with van der Waals surface area (Å²) in [6.07, 6.45) is 2.22. The summed E-state index contributed by atoms with van der Waals surface area (Å²) in [5.41, 5.74) is 1.10. The van der Waals surface area contributed by atoms with Gasteiger partial charge in [-0.3, -0.25) is 14.5 Å². The number of aryl methyl sites for hydroxylation is 1. The molecule has 31 heavy (non-hydrogen) atoms. The van der Waals surface area contributed by atoms with E-state index < -0.39 is 18.0 Å². The van der Waals surface area contributed by atoms with E-state index in [1.807, 2.05) is 0 Å². The van der Waals surface area contributed by atoms with Gasteiger partial charge < -0.3 is 10.2 Å². The number of pyridine rings is 1. The minimum Gasteiger partial charge on any atom is -0.396 e. The average Bonchev–Trinajstić information content (AvgIpc) is 3.48. The molecule has 1 aliphatic carbocycles. The third-order valence-electron chi connectivity index (χ3n) is 4.36. The number of aromatic nitrogens is 3. The molecule has 1 amide bonds. The monoisotopic (exact) mass is 449 g/mol. The molecule has 7 nitrogen and oxygen atoms in total. The fourth-order valence-electron chi connectivity index (χ4n) is 2.73. The zero-order valence-electron chi connectivity index (χ0n) is 17.2. The lowest BCUT2D eigenvalue weighted by Gasteiger charge is -2.10. The third kappa shape index (κ3) is 6.49. The molecule has 10 heteroatoms. The van der Waals surface area contributed by atoms with Gasteiger partial charge in [-0.2, -0.15) is 5.10 Å². The Hall–Kier alpha value is -2.99. The summed E-state index contributed by atoms with van der Waals surface area (Å²) in [4.78, 5) is 21.8. The summed E-state index contributed by atoms with van der Waals surface area (Å²) in [6.45, 7) is 2.04. The molecule has 164 valence electrons. The van der Waals surface area contributed by atoms with Crippen LogP contribution in [0.4, 0.5) is 8.78 Å². The van der Waals surface area contributed by atoms with E-state index >= 15 is 0 Å². The van der Waals surface area contributed by atoms with Crippen molar-refractivity contribution in [2.45, 2.75) is 32.6 Å². The molecule has 2 heterocycles. The number of hydrogen-bond donors (Lipinski definition) is 1. The van der Waals surface area contributed by atoms with Gasteiger partial charge in [0.1, 0.15) is 23.7 Å². The van der Waals surface area contributed by atoms with Crippen molar-refractivity contribution in [1.82, 2.24) is 20.1 Å². The second-order valence-corrected chi connectivity index (χ2v) is 7.43. The quantitative estimate of drug-likeness (QED) is 0.381. The lowest BCUT2D eigenvalue weighted by Crippen LogP contribution is -2.32. The van der Waals surface area contributed by atoms with Gasteiger partial charge in [-0.15, -0.1) is 0 Å². The summed E-state index contributed by atoms with van der Waals surface area (Å²) < 4.78 is 27.4. The molecule has 0 unspecified atom stereocenters. The standard InChI is InChI=1S/C21H22ClF2N5O2/c1-3-31-28-17(20-16(22)8-14(10-26-20)7-6-13-4-5-13)11-25-18(30)9-15-12-29(2)27-19(15)21(23)24/h8,10,12-13,21H,3-5,9,11H2,1-2H3,(H,25,30)/b28-17+. The summed E-state index contributed by atoms with van der Waals surface area (Å²) >= 11 is 6.36. The summed E-state index contributed by atoms with van der Waals surface area (Å²) in [5.74, 6) is 6.17. The number of nitrogens with one attached hydrogen (secondary N) is 1. The first-order chi connectivity index (χ1) is 14.9. The SMILES string of the molecule is CCO/N=C(\CNC(=O)Cc1cn(C)nc1C(F)F)c1ncc(C#CC2CC2)cc1Cl. The van der Waals surface area contributed by atoms with Gasteiger partial charge >= 0.3 is 0 Å². The van der Waals surface area contributed by atoms with E-state index in [4.69, 9.17) is 16.4 Å². The van der Waals surface area contributed by atoms with Crippen LogP contribution in [0, 0.1) is 17.8 Å². The Balaban J connectivity index is 1.69. The van der Waals surface area contributed by atoms with E-state index in [0.717, 1.165) is 12.8 Å². The second-order valence-electron chi connectivity index (χ2n) is 7.02. The van der Waals surface area contributed by atoms with E-state index in [-0.39, 0.29) is 18.5 Å². The van der Waals surface area contributed by atoms with Crippen LogP contribution in [-0.2, 0) is 23.1 Å². The van der Waals surface area contributed by atoms with E-state index in [0.29, 0.717) is 34.5 Å². The van der Waals surface area contributed by atoms with Crippen molar-refractivity contribution in [3.05, 3.63) is 46.0 Å². The van der Waals surface area contributed by atoms with E-state index in [1.54, 1.807) is 19.2 Å². The van der Waals surface area contributed by atoms with Crippen LogP contribution < -0.4 is 5.32 Å². The molecule has 0 atom stereocenters. The first kappa shape index (κ1) is 22.7. The molecule has 3 rings (SSSR count). The molecule has 2 aromatic heterocycles. The highest BCUT2D eigenvalue weighted by atomic mass is 35.5. The maximum Gasteiger partial charge on any atom is 0.282 e. The van der Waals surface area contributed by atoms with Crippen molar-refractivity contribution in [2.75, 3.05) is 13.2 Å². The maximum atomic E-state index is 13.1. The number of carbonyl (C=O) groups is 1. The average molecular weight is 450 g/mol. The Labute approximate surface area is 183 Å². The van der Waals surface area contributed by atoms with Gasteiger partial charge in [-0.1, -0.05) is 28.6 Å². The van der Waals surface area contributed by atoms with Crippen molar-refractivity contribution in [3.63, 3.8) is 0 Å². The number of halogens is 3. The van der Waals surface area contributed by atoms with Crippen LogP contribution in [0.1, 0.15) is 48.7 Å². The normalized spacial score (nSPS) is 13.7. The molecule has 0 aliphatic heterocycles. The van der Waals surface area contributed by atoms with Crippen molar-refractivity contribution in [3.8, 4) is 11.8 Å². The van der Waals surface area contributed by atoms with Gasteiger partial charge in [0.05, 0.1) is 18.0 Å². The third-order valence-corrected chi connectivity index (χ3v) is 4.65. The van der Waals surface area contributed by atoms with E-state index in [9.17, 15) is 13.6 Å². The molecule has 0 saturated heterocycles. The fourth-order valence-corrected chi connectivity index (χ4v) is 3.00. The van der Waals surface area contributed by atoms with Gasteiger partial charge in [0.25, 0.3) is 6.43 Å². The van der Waals surface area contributed by atoms with E-state index in [2.05, 4.69) is 32.4 Å². The van der Waals surface area contributed by atoms with Gasteiger partial charge in [0.15, 0.2) is 0 Å². The predicted molar refractivity (Wildman–Crippen MR) is 112 cm³/mol. The summed E-state index contributed by atoms with van der Waals surface area (Å²) in [6, 6.07) is 1.69. The van der Waals surface area contributed by atoms with Crippen LogP contribution in [0.3, 0.4) is 0 Å². The fraction of sp³-hybridized carbons (Fsp3) is 0.429. The van der Waals surface area contributed by atoms with Crippen LogP contribution in [0.25, 0.3) is 0 Å². The van der Waals surface area contributed by atoms with Crippen molar-refractivity contribution >= 4 is 23.2 Å². The van der Waals surface area contributed by atoms with Gasteiger partial charge in [0.2, 0.25) is 5.91 Å². The first-order valence-corrected chi connectivity index (χ1v) is 10.2. The minimum absolute atomic E-state index is 0.0388.